The van der Waals surface area contributed by atoms with Crippen LogP contribution in [-0.2, 0) is 13.0 Å². The summed E-state index contributed by atoms with van der Waals surface area (Å²) in [7, 11) is 0. The Labute approximate surface area is 129 Å². The molecule has 0 bridgehead atoms. The van der Waals surface area contributed by atoms with E-state index in [0.29, 0.717) is 6.61 Å². The summed E-state index contributed by atoms with van der Waals surface area (Å²) in [5, 5.41) is 8.51. The van der Waals surface area contributed by atoms with E-state index < -0.39 is 0 Å². The Morgan fingerprint density at radius 3 is 2.67 bits per heavy atom. The van der Waals surface area contributed by atoms with E-state index in [4.69, 9.17) is 15.9 Å². The molecule has 112 valence electrons. The number of nitrogens with zero attached hydrogens (tertiary/aromatic N) is 1. The second kappa shape index (κ2) is 6.72. The van der Waals surface area contributed by atoms with E-state index in [1.165, 1.54) is 16.9 Å². The third kappa shape index (κ3) is 3.61. The Hall–Kier alpha value is -1.88. The first-order chi connectivity index (χ1) is 10.0. The summed E-state index contributed by atoms with van der Waals surface area (Å²) in [6, 6.07) is 8.02. The van der Waals surface area contributed by atoms with Gasteiger partial charge in [-0.3, -0.25) is 5.41 Å². The number of thiazole rings is 1. The molecule has 2 rings (SSSR count). The second-order valence-corrected chi connectivity index (χ2v) is 6.22. The molecule has 0 spiro atoms. The lowest BCUT2D eigenvalue weighted by atomic mass is 10.1. The molecule has 3 N–H and O–H groups in total. The van der Waals surface area contributed by atoms with Crippen LogP contribution in [-0.4, -0.2) is 10.8 Å². The fraction of sp³-hybridized carbons (Fsp3) is 0.375. The van der Waals surface area contributed by atoms with Crippen LogP contribution in [0.3, 0.4) is 0 Å². The quantitative estimate of drug-likeness (QED) is 0.631. The van der Waals surface area contributed by atoms with Crippen molar-refractivity contribution in [2.45, 2.75) is 39.7 Å². The summed E-state index contributed by atoms with van der Waals surface area (Å²) in [5.74, 6) is 1.22. The summed E-state index contributed by atoms with van der Waals surface area (Å²) in [5.41, 5.74) is 7.70. The normalized spacial score (nSPS) is 10.9. The first kappa shape index (κ1) is 15.5. The molecule has 0 aliphatic heterocycles. The Balaban J connectivity index is 2.17. The topological polar surface area (TPSA) is 72.0 Å². The van der Waals surface area contributed by atoms with Gasteiger partial charge in [0.05, 0.1) is 10.6 Å². The van der Waals surface area contributed by atoms with E-state index >= 15 is 0 Å². The van der Waals surface area contributed by atoms with E-state index in [9.17, 15) is 0 Å². The molecular weight excluding hydrogens is 282 g/mol. The summed E-state index contributed by atoms with van der Waals surface area (Å²) < 4.78 is 5.88. The van der Waals surface area contributed by atoms with Crippen molar-refractivity contribution >= 4 is 17.2 Å². The highest BCUT2D eigenvalue weighted by Crippen LogP contribution is 2.26. The maximum Gasteiger partial charge on any atom is 0.140 e. The van der Waals surface area contributed by atoms with E-state index in [1.54, 1.807) is 0 Å². The van der Waals surface area contributed by atoms with Crippen LogP contribution in [0.1, 0.15) is 47.8 Å². The molecule has 0 aliphatic carbocycles. The van der Waals surface area contributed by atoms with Gasteiger partial charge < -0.3 is 10.5 Å². The molecule has 21 heavy (non-hydrogen) atoms. The number of benzene rings is 1. The van der Waals surface area contributed by atoms with Crippen molar-refractivity contribution in [3.63, 3.8) is 0 Å². The third-order valence-corrected chi connectivity index (χ3v) is 4.27. The molecule has 1 heterocycles. The minimum Gasteiger partial charge on any atom is -0.486 e. The van der Waals surface area contributed by atoms with Crippen LogP contribution in [0.25, 0.3) is 0 Å². The molecule has 5 heteroatoms. The van der Waals surface area contributed by atoms with Crippen molar-refractivity contribution in [2.24, 2.45) is 5.73 Å². The Kier molecular flexibility index (Phi) is 4.96. The predicted molar refractivity (Wildman–Crippen MR) is 87.4 cm³/mol. The average molecular weight is 303 g/mol. The Morgan fingerprint density at radius 2 is 2.10 bits per heavy atom. The predicted octanol–water partition coefficient (Wildman–Crippen LogP) is 3.69. The molecule has 4 nitrogen and oxygen atoms in total. The Bertz CT molecular complexity index is 634. The lowest BCUT2D eigenvalue weighted by Gasteiger charge is -2.08. The van der Waals surface area contributed by atoms with E-state index in [2.05, 4.69) is 31.8 Å². The molecule has 0 saturated heterocycles. The highest BCUT2D eigenvalue weighted by molar-refractivity contribution is 7.13. The number of ether oxygens (including phenoxy) is 1. The van der Waals surface area contributed by atoms with Gasteiger partial charge in [0.25, 0.3) is 0 Å². The maximum absolute atomic E-state index is 7.65. The van der Waals surface area contributed by atoms with Gasteiger partial charge in [0.2, 0.25) is 0 Å². The number of hydrogen-bond acceptors (Lipinski definition) is 4. The number of aromatic nitrogens is 1. The minimum atomic E-state index is 0.0800. The van der Waals surface area contributed by atoms with Gasteiger partial charge in [-0.1, -0.05) is 39.0 Å². The fourth-order valence-electron chi connectivity index (χ4n) is 2.10. The lowest BCUT2D eigenvalue weighted by molar-refractivity contribution is 0.302. The van der Waals surface area contributed by atoms with Gasteiger partial charge in [0.1, 0.15) is 23.2 Å². The zero-order valence-corrected chi connectivity index (χ0v) is 13.5. The van der Waals surface area contributed by atoms with Gasteiger partial charge in [0, 0.05) is 0 Å². The molecular formula is C16H21N3OS. The van der Waals surface area contributed by atoms with Gasteiger partial charge >= 0.3 is 0 Å². The van der Waals surface area contributed by atoms with Crippen LogP contribution >= 0.6 is 11.3 Å². The molecule has 0 atom stereocenters. The van der Waals surface area contributed by atoms with Crippen LogP contribution in [0.2, 0.25) is 0 Å². The van der Waals surface area contributed by atoms with Crippen molar-refractivity contribution in [3.8, 4) is 5.75 Å². The van der Waals surface area contributed by atoms with Crippen LogP contribution in [0.4, 0.5) is 0 Å². The number of amidine groups is 1. The summed E-state index contributed by atoms with van der Waals surface area (Å²) >= 11 is 1.44. The lowest BCUT2D eigenvalue weighted by Crippen LogP contribution is -2.12. The molecule has 1 aromatic heterocycles. The number of rotatable bonds is 6. The zero-order chi connectivity index (χ0) is 15.4. The number of nitrogen functional groups attached to an aromatic ring is 1. The van der Waals surface area contributed by atoms with E-state index in [1.807, 2.05) is 18.2 Å². The zero-order valence-electron chi connectivity index (χ0n) is 12.6. The molecule has 0 amide bonds. The summed E-state index contributed by atoms with van der Waals surface area (Å²) in [6.07, 6.45) is 0.935. The number of nitrogens with one attached hydrogen (secondary N) is 1. The molecule has 0 saturated carbocycles. The fourth-order valence-corrected chi connectivity index (χ4v) is 3.09. The van der Waals surface area contributed by atoms with Crippen molar-refractivity contribution in [2.75, 3.05) is 0 Å². The standard InChI is InChI=1S/C16H21N3OS/c1-4-11-7-5-6-8-12(11)20-9-13-19-14(10(2)3)15(21-13)16(17)18/h5-8,10H,4,9H2,1-3H3,(H3,17,18). The minimum absolute atomic E-state index is 0.0800. The van der Waals surface area contributed by atoms with Gasteiger partial charge in [-0.25, -0.2) is 4.98 Å². The first-order valence-electron chi connectivity index (χ1n) is 7.07. The van der Waals surface area contributed by atoms with Crippen LogP contribution in [0.15, 0.2) is 24.3 Å². The molecule has 0 aliphatic rings. The monoisotopic (exact) mass is 303 g/mol. The maximum atomic E-state index is 7.65. The molecule has 0 fully saturated rings. The van der Waals surface area contributed by atoms with Gasteiger partial charge in [-0.15, -0.1) is 11.3 Å². The molecule has 2 aromatic rings. The van der Waals surface area contributed by atoms with E-state index in [0.717, 1.165) is 27.7 Å². The third-order valence-electron chi connectivity index (χ3n) is 3.19. The smallest absolute Gasteiger partial charge is 0.140 e. The van der Waals surface area contributed by atoms with Crippen LogP contribution in [0.5, 0.6) is 5.75 Å². The number of para-hydroxylation sites is 1. The van der Waals surface area contributed by atoms with Crippen LogP contribution < -0.4 is 10.5 Å². The van der Waals surface area contributed by atoms with Gasteiger partial charge in [-0.05, 0) is 24.0 Å². The van der Waals surface area contributed by atoms with Crippen molar-refractivity contribution in [3.05, 3.63) is 45.4 Å². The average Bonchev–Trinajstić information content (AvgIpc) is 2.90. The highest BCUT2D eigenvalue weighted by Gasteiger charge is 2.16. The molecule has 0 radical (unpaired) electrons. The van der Waals surface area contributed by atoms with E-state index in [-0.39, 0.29) is 11.8 Å². The Morgan fingerprint density at radius 1 is 1.38 bits per heavy atom. The van der Waals surface area contributed by atoms with Crippen molar-refractivity contribution < 1.29 is 4.74 Å². The van der Waals surface area contributed by atoms with Crippen molar-refractivity contribution in [1.82, 2.24) is 4.98 Å². The summed E-state index contributed by atoms with van der Waals surface area (Å²) in [6.45, 7) is 6.63. The van der Waals surface area contributed by atoms with Gasteiger partial charge in [-0.2, -0.15) is 0 Å². The number of hydrogen-bond donors (Lipinski definition) is 2. The van der Waals surface area contributed by atoms with Crippen LogP contribution in [0, 0.1) is 5.41 Å². The number of nitrogens with two attached hydrogens (primary N) is 1. The van der Waals surface area contributed by atoms with Gasteiger partial charge in [0.15, 0.2) is 0 Å². The highest BCUT2D eigenvalue weighted by atomic mass is 32.1. The largest absolute Gasteiger partial charge is 0.486 e. The molecule has 0 unspecified atom stereocenters. The number of aryl methyl sites for hydroxylation is 1. The van der Waals surface area contributed by atoms with Crippen molar-refractivity contribution in [1.29, 1.82) is 5.41 Å². The summed E-state index contributed by atoms with van der Waals surface area (Å²) in [4.78, 5) is 5.33. The second-order valence-electron chi connectivity index (χ2n) is 5.14. The first-order valence-corrected chi connectivity index (χ1v) is 7.89. The molecule has 1 aromatic carbocycles. The SMILES string of the molecule is CCc1ccccc1OCc1nc(C(C)C)c(C(=N)N)s1.